The number of carbonyl (C=O) groups is 2. The highest BCUT2D eigenvalue weighted by Gasteiger charge is 2.37. The van der Waals surface area contributed by atoms with Gasteiger partial charge in [-0.05, 0) is 48.5 Å². The number of hydrogen-bond acceptors (Lipinski definition) is 9. The van der Waals surface area contributed by atoms with Crippen LogP contribution in [-0.4, -0.2) is 52.3 Å². The fraction of sp³-hybridized carbons (Fsp3) is 0.200. The average Bonchev–Trinajstić information content (AvgIpc) is 3.79. The lowest BCUT2D eigenvalue weighted by Crippen LogP contribution is -2.38. The van der Waals surface area contributed by atoms with E-state index in [1.54, 1.807) is 5.38 Å². The number of aromatic nitrogens is 1. The Bertz CT molecular complexity index is 1550. The Balaban J connectivity index is 0.000000591. The maximum atomic E-state index is 12.1. The second-order valence-electron chi connectivity index (χ2n) is 9.73. The first-order valence-electron chi connectivity index (χ1n) is 14.6. The molecule has 0 aliphatic rings. The second kappa shape index (κ2) is 16.1. The van der Waals surface area contributed by atoms with Gasteiger partial charge in [0.2, 0.25) is 11.5 Å². The quantitative estimate of drug-likeness (QED) is 0.0652. The summed E-state index contributed by atoms with van der Waals surface area (Å²) >= 11 is 1.21. The number of thiazole rings is 1. The molecule has 0 radical (unpaired) electrons. The van der Waals surface area contributed by atoms with Crippen LogP contribution in [0.5, 0.6) is 0 Å². The molecule has 3 aromatic carbocycles. The van der Waals surface area contributed by atoms with Crippen LogP contribution in [-0.2, 0) is 15.2 Å². The zero-order valence-electron chi connectivity index (χ0n) is 25.4. The molecule has 0 aliphatic heterocycles. The molecule has 232 valence electrons. The molecule has 0 amide bonds. The molecule has 0 unspecified atom stereocenters. The Hall–Kier alpha value is -5.06. The van der Waals surface area contributed by atoms with Crippen molar-refractivity contribution in [2.45, 2.75) is 26.3 Å². The second-order valence-corrected chi connectivity index (χ2v) is 10.6. The Morgan fingerprint density at radius 1 is 0.844 bits per heavy atom. The fourth-order valence-corrected chi connectivity index (χ4v) is 5.52. The molecule has 0 saturated carbocycles. The van der Waals surface area contributed by atoms with E-state index in [-0.39, 0.29) is 11.5 Å². The molecule has 5 aromatic rings. The van der Waals surface area contributed by atoms with Gasteiger partial charge in [0.15, 0.2) is 5.13 Å². The smallest absolute Gasteiger partial charge is 0.400 e. The number of nitrogens with zero attached hydrogens (tertiary/aromatic N) is 3. The van der Waals surface area contributed by atoms with Gasteiger partial charge in [0.1, 0.15) is 11.2 Å². The normalized spacial score (nSPS) is 11.4. The Morgan fingerprint density at radius 2 is 1.36 bits per heavy atom. The van der Waals surface area contributed by atoms with Gasteiger partial charge in [-0.15, -0.1) is 11.3 Å². The highest BCUT2D eigenvalue weighted by atomic mass is 32.1. The molecular weight excluding hydrogens is 588 g/mol. The van der Waals surface area contributed by atoms with E-state index in [1.807, 2.05) is 91.0 Å². The van der Waals surface area contributed by atoms with E-state index in [1.165, 1.54) is 49.4 Å². The van der Waals surface area contributed by atoms with Crippen molar-refractivity contribution < 1.29 is 24.0 Å². The van der Waals surface area contributed by atoms with Crippen molar-refractivity contribution in [3.8, 4) is 0 Å². The third kappa shape index (κ3) is 8.11. The number of oxime groups is 1. The number of rotatable bonds is 12. The van der Waals surface area contributed by atoms with Crippen molar-refractivity contribution in [2.75, 3.05) is 25.0 Å². The largest absolute Gasteiger partial charge is 0.476 e. The number of aliphatic carboxylic acids is 1. The molecule has 0 fully saturated rings. The minimum Gasteiger partial charge on any atom is -0.476 e. The number of hydrogen-bond donors (Lipinski definition) is 2. The van der Waals surface area contributed by atoms with Gasteiger partial charge in [-0.3, -0.25) is 0 Å². The first kappa shape index (κ1) is 32.8. The van der Waals surface area contributed by atoms with Gasteiger partial charge in [-0.25, -0.2) is 14.6 Å². The average molecular weight is 625 g/mol. The maximum absolute atomic E-state index is 12.1. The van der Waals surface area contributed by atoms with Gasteiger partial charge in [-0.1, -0.05) is 117 Å². The lowest BCUT2D eigenvalue weighted by Gasteiger charge is -2.36. The van der Waals surface area contributed by atoms with Crippen LogP contribution in [0.4, 0.5) is 5.13 Å². The number of carbonyl (C=O) groups excluding carboxylic acids is 1. The molecule has 0 aliphatic carbocycles. The van der Waals surface area contributed by atoms with Crippen LogP contribution in [0.25, 0.3) is 0 Å². The van der Waals surface area contributed by atoms with Gasteiger partial charge in [0, 0.05) is 5.38 Å². The maximum Gasteiger partial charge on any atom is 0.400 e. The van der Waals surface area contributed by atoms with Crippen molar-refractivity contribution in [3.63, 3.8) is 0 Å². The van der Waals surface area contributed by atoms with Crippen molar-refractivity contribution in [3.05, 3.63) is 143 Å². The molecule has 0 atom stereocenters. The van der Waals surface area contributed by atoms with Crippen molar-refractivity contribution in [1.82, 2.24) is 9.88 Å². The minimum absolute atomic E-state index is 0.0420. The predicted octanol–water partition coefficient (Wildman–Crippen LogP) is 7.13. The molecular formula is C35H36N4O5S. The lowest BCUT2D eigenvalue weighted by atomic mass is 9.77. The summed E-state index contributed by atoms with van der Waals surface area (Å²) in [5, 5.41) is 18.9. The number of nitrogens with one attached hydrogen (secondary N) is 1. The van der Waals surface area contributed by atoms with E-state index in [9.17, 15) is 14.7 Å². The van der Waals surface area contributed by atoms with Crippen molar-refractivity contribution >= 4 is 34.1 Å². The van der Waals surface area contributed by atoms with E-state index >= 15 is 0 Å². The third-order valence-corrected chi connectivity index (χ3v) is 7.91. The molecule has 0 spiro atoms. The number of anilines is 1. The number of carboxylic acid groups (broad SMARTS) is 1. The first-order chi connectivity index (χ1) is 21.9. The summed E-state index contributed by atoms with van der Waals surface area (Å²) in [5.41, 5.74) is 1.58. The third-order valence-electron chi connectivity index (χ3n) is 7.15. The monoisotopic (exact) mass is 624 g/mol. The number of furan rings is 1. The summed E-state index contributed by atoms with van der Waals surface area (Å²) in [6.45, 7) is 10.1. The van der Waals surface area contributed by atoms with E-state index in [2.05, 4.69) is 41.1 Å². The topological polar surface area (TPSA) is 117 Å². The van der Waals surface area contributed by atoms with Crippen LogP contribution in [0.15, 0.2) is 124 Å². The van der Waals surface area contributed by atoms with Gasteiger partial charge >= 0.3 is 11.9 Å². The van der Waals surface area contributed by atoms with Gasteiger partial charge < -0.3 is 24.6 Å². The molecule has 0 saturated heterocycles. The van der Waals surface area contributed by atoms with E-state index in [0.717, 1.165) is 16.7 Å². The molecule has 2 N–H and O–H groups in total. The van der Waals surface area contributed by atoms with Gasteiger partial charge in [0.25, 0.3) is 0 Å². The van der Waals surface area contributed by atoms with Crippen LogP contribution in [0.3, 0.4) is 0 Å². The van der Waals surface area contributed by atoms with Crippen LogP contribution < -0.4 is 5.32 Å². The SMILES string of the molecule is CCN(CC)CC.O=C(O)/C(=N\OC(=O)c1ccco1)c1csc(NC(c2ccccc2)(c2ccccc2)c2ccccc2)n1. The van der Waals surface area contributed by atoms with E-state index < -0.39 is 23.2 Å². The number of carboxylic acids is 1. The standard InChI is InChI=1S/C29H21N3O5S.C6H15N/c33-26(34)25(32-37-27(35)24-17-10-18-36-24)23-19-38-28(30-23)31-29(20-11-4-1-5-12-20,21-13-6-2-7-14-21)22-15-8-3-9-16-22;1-4-7(5-2)6-3/h1-19H,(H,30,31)(H,33,34);4-6H2,1-3H3/b32-25-;. The van der Waals surface area contributed by atoms with Crippen LogP contribution in [0, 0.1) is 0 Å². The molecule has 0 bridgehead atoms. The van der Waals surface area contributed by atoms with E-state index in [0.29, 0.717) is 5.13 Å². The summed E-state index contributed by atoms with van der Waals surface area (Å²) in [5.74, 6) is -2.41. The van der Waals surface area contributed by atoms with Gasteiger partial charge in [0.05, 0.1) is 6.26 Å². The zero-order chi connectivity index (χ0) is 32.1. The molecule has 2 aromatic heterocycles. The first-order valence-corrected chi connectivity index (χ1v) is 15.5. The predicted molar refractivity (Wildman–Crippen MR) is 177 cm³/mol. The van der Waals surface area contributed by atoms with E-state index in [4.69, 9.17) is 9.25 Å². The number of benzene rings is 3. The van der Waals surface area contributed by atoms with Crippen molar-refractivity contribution in [1.29, 1.82) is 0 Å². The molecule has 5 rings (SSSR count). The summed E-state index contributed by atoms with van der Waals surface area (Å²) in [6, 6.07) is 32.7. The van der Waals surface area contributed by atoms with Crippen LogP contribution >= 0.6 is 11.3 Å². The molecule has 9 nitrogen and oxygen atoms in total. The Morgan fingerprint density at radius 3 is 1.76 bits per heavy atom. The van der Waals surface area contributed by atoms with Crippen LogP contribution in [0.2, 0.25) is 0 Å². The highest BCUT2D eigenvalue weighted by molar-refractivity contribution is 7.14. The zero-order valence-corrected chi connectivity index (χ0v) is 26.2. The fourth-order valence-electron chi connectivity index (χ4n) is 4.77. The van der Waals surface area contributed by atoms with Gasteiger partial charge in [-0.2, -0.15) is 0 Å². The lowest BCUT2D eigenvalue weighted by molar-refractivity contribution is -0.129. The Labute approximate surface area is 266 Å². The summed E-state index contributed by atoms with van der Waals surface area (Å²) in [4.78, 5) is 35.7. The van der Waals surface area contributed by atoms with Crippen LogP contribution in [0.1, 0.15) is 53.7 Å². The molecule has 45 heavy (non-hydrogen) atoms. The minimum atomic E-state index is -1.39. The summed E-state index contributed by atoms with van der Waals surface area (Å²) in [7, 11) is 0. The summed E-state index contributed by atoms with van der Waals surface area (Å²) < 4.78 is 4.96. The molecule has 2 heterocycles. The summed E-state index contributed by atoms with van der Waals surface area (Å²) in [6.07, 6.45) is 1.30. The Kier molecular flexibility index (Phi) is 11.8. The van der Waals surface area contributed by atoms with Crippen molar-refractivity contribution in [2.24, 2.45) is 5.16 Å². The molecule has 10 heteroatoms. The highest BCUT2D eigenvalue weighted by Crippen LogP contribution is 2.40.